The number of thiazole rings is 1. The van der Waals surface area contributed by atoms with E-state index in [0.29, 0.717) is 0 Å². The van der Waals surface area contributed by atoms with Crippen LogP contribution in [-0.2, 0) is 17.6 Å². The minimum Gasteiger partial charge on any atom is -0.483 e. The van der Waals surface area contributed by atoms with Crippen molar-refractivity contribution in [1.82, 2.24) is 4.98 Å². The zero-order valence-corrected chi connectivity index (χ0v) is 17.8. The molecule has 2 aromatic heterocycles. The highest BCUT2D eigenvalue weighted by molar-refractivity contribution is 7.21. The molecular formula is C22H22N2O2S2. The van der Waals surface area contributed by atoms with Crippen LogP contribution in [0.3, 0.4) is 0 Å². The summed E-state index contributed by atoms with van der Waals surface area (Å²) in [5, 5.41) is 7.14. The molecule has 4 aromatic rings. The Labute approximate surface area is 172 Å². The van der Waals surface area contributed by atoms with Crippen molar-refractivity contribution in [3.63, 3.8) is 0 Å². The van der Waals surface area contributed by atoms with Gasteiger partial charge in [-0.05, 0) is 42.3 Å². The maximum atomic E-state index is 12.6. The third-order valence-corrected chi connectivity index (χ3v) is 6.63. The van der Waals surface area contributed by atoms with E-state index in [1.165, 1.54) is 0 Å². The minimum atomic E-state index is -0.139. The van der Waals surface area contributed by atoms with Gasteiger partial charge in [0, 0.05) is 17.1 Å². The van der Waals surface area contributed by atoms with Crippen molar-refractivity contribution in [3.8, 4) is 5.75 Å². The van der Waals surface area contributed by atoms with Crippen LogP contribution in [-0.4, -0.2) is 17.5 Å². The number of carbonyl (C=O) groups excluding carboxylic acids is 1. The topological polar surface area (TPSA) is 51.2 Å². The Kier molecular flexibility index (Phi) is 5.33. The molecular weight excluding hydrogens is 388 g/mol. The number of hydrogen-bond donors (Lipinski definition) is 1. The molecule has 0 saturated carbocycles. The molecule has 1 N–H and O–H groups in total. The number of benzene rings is 2. The Morgan fingerprint density at radius 2 is 1.93 bits per heavy atom. The summed E-state index contributed by atoms with van der Waals surface area (Å²) >= 11 is 3.30. The lowest BCUT2D eigenvalue weighted by Gasteiger charge is -2.15. The number of aromatic nitrogens is 1. The molecule has 0 unspecified atom stereocenters. The standard InChI is InChI=1S/C22H22N2O2S2/c1-4-14-7-6-8-15(5-2)20(14)24-19(25)12-26-17-11-18-21(23-13(3)28-18)22-16(17)9-10-27-22/h6-11H,4-5,12H2,1-3H3,(H,24,25). The number of nitrogens with zero attached hydrogens (tertiary/aromatic N) is 1. The first-order valence-corrected chi connectivity index (χ1v) is 11.1. The van der Waals surface area contributed by atoms with Crippen LogP contribution in [0, 0.1) is 6.92 Å². The van der Waals surface area contributed by atoms with E-state index in [1.54, 1.807) is 22.7 Å². The largest absolute Gasteiger partial charge is 0.483 e. The van der Waals surface area contributed by atoms with Gasteiger partial charge in [0.25, 0.3) is 5.91 Å². The van der Waals surface area contributed by atoms with Crippen molar-refractivity contribution in [3.05, 3.63) is 51.8 Å². The van der Waals surface area contributed by atoms with Gasteiger partial charge in [0.05, 0.1) is 19.9 Å². The fraction of sp³-hybridized carbons (Fsp3) is 0.273. The van der Waals surface area contributed by atoms with E-state index in [9.17, 15) is 4.79 Å². The Morgan fingerprint density at radius 1 is 1.18 bits per heavy atom. The number of amides is 1. The SMILES string of the molecule is CCc1cccc(CC)c1NC(=O)COc1cc2sc(C)nc2c2sccc12. The number of ether oxygens (including phenoxy) is 1. The predicted octanol–water partition coefficient (Wildman–Crippen LogP) is 5.96. The molecule has 0 radical (unpaired) electrons. The Hall–Kier alpha value is -2.44. The third-order valence-electron chi connectivity index (χ3n) is 4.79. The van der Waals surface area contributed by atoms with E-state index >= 15 is 0 Å². The van der Waals surface area contributed by atoms with Gasteiger partial charge in [0.1, 0.15) is 5.75 Å². The molecule has 1 amide bonds. The zero-order valence-electron chi connectivity index (χ0n) is 16.2. The Balaban J connectivity index is 1.56. The van der Waals surface area contributed by atoms with E-state index in [-0.39, 0.29) is 12.5 Å². The maximum Gasteiger partial charge on any atom is 0.262 e. The molecule has 0 saturated heterocycles. The normalized spacial score (nSPS) is 11.2. The zero-order chi connectivity index (χ0) is 19.7. The molecule has 0 aliphatic rings. The first kappa shape index (κ1) is 18.9. The Morgan fingerprint density at radius 3 is 2.64 bits per heavy atom. The van der Waals surface area contributed by atoms with Crippen molar-refractivity contribution in [2.45, 2.75) is 33.6 Å². The van der Waals surface area contributed by atoms with Gasteiger partial charge >= 0.3 is 0 Å². The fourth-order valence-electron chi connectivity index (χ4n) is 3.43. The van der Waals surface area contributed by atoms with Gasteiger partial charge in [-0.1, -0.05) is 32.0 Å². The summed E-state index contributed by atoms with van der Waals surface area (Å²) in [6, 6.07) is 10.2. The molecule has 144 valence electrons. The maximum absolute atomic E-state index is 12.6. The molecule has 0 aliphatic heterocycles. The average Bonchev–Trinajstić information content (AvgIpc) is 3.32. The van der Waals surface area contributed by atoms with Crippen LogP contribution in [0.2, 0.25) is 0 Å². The summed E-state index contributed by atoms with van der Waals surface area (Å²) < 4.78 is 8.15. The van der Waals surface area contributed by atoms with Gasteiger partial charge in [-0.2, -0.15) is 0 Å². The first-order chi connectivity index (χ1) is 13.6. The van der Waals surface area contributed by atoms with Crippen LogP contribution in [0.5, 0.6) is 5.75 Å². The van der Waals surface area contributed by atoms with Crippen LogP contribution in [0.15, 0.2) is 35.7 Å². The van der Waals surface area contributed by atoms with Crippen molar-refractivity contribution in [1.29, 1.82) is 0 Å². The monoisotopic (exact) mass is 410 g/mol. The van der Waals surface area contributed by atoms with E-state index in [4.69, 9.17) is 4.74 Å². The van der Waals surface area contributed by atoms with Crippen LogP contribution in [0.25, 0.3) is 20.3 Å². The highest BCUT2D eigenvalue weighted by atomic mass is 32.1. The molecule has 0 spiro atoms. The van der Waals surface area contributed by atoms with E-state index < -0.39 is 0 Å². The van der Waals surface area contributed by atoms with E-state index in [2.05, 4.69) is 36.3 Å². The number of nitrogens with one attached hydrogen (secondary N) is 1. The summed E-state index contributed by atoms with van der Waals surface area (Å²) in [6.07, 6.45) is 1.75. The summed E-state index contributed by atoms with van der Waals surface area (Å²) in [5.74, 6) is 0.599. The molecule has 0 bridgehead atoms. The molecule has 2 aromatic carbocycles. The lowest BCUT2D eigenvalue weighted by atomic mass is 10.0. The number of anilines is 1. The van der Waals surface area contributed by atoms with Crippen LogP contribution < -0.4 is 10.1 Å². The summed E-state index contributed by atoms with van der Waals surface area (Å²) in [7, 11) is 0. The number of para-hydroxylation sites is 1. The minimum absolute atomic E-state index is 0.0184. The average molecular weight is 411 g/mol. The molecule has 6 heteroatoms. The number of carbonyl (C=O) groups is 1. The molecule has 0 fully saturated rings. The highest BCUT2D eigenvalue weighted by Gasteiger charge is 2.15. The number of rotatable bonds is 6. The first-order valence-electron chi connectivity index (χ1n) is 9.41. The second-order valence-corrected chi connectivity index (χ2v) is 8.76. The lowest BCUT2D eigenvalue weighted by molar-refractivity contribution is -0.118. The van der Waals surface area contributed by atoms with Crippen molar-refractivity contribution < 1.29 is 9.53 Å². The van der Waals surface area contributed by atoms with Crippen molar-refractivity contribution >= 4 is 54.6 Å². The summed E-state index contributed by atoms with van der Waals surface area (Å²) in [4.78, 5) is 17.3. The van der Waals surface area contributed by atoms with Crippen molar-refractivity contribution in [2.24, 2.45) is 0 Å². The van der Waals surface area contributed by atoms with Crippen LogP contribution in [0.1, 0.15) is 30.0 Å². The van der Waals surface area contributed by atoms with Gasteiger partial charge in [-0.3, -0.25) is 4.79 Å². The highest BCUT2D eigenvalue weighted by Crippen LogP contribution is 2.38. The van der Waals surface area contributed by atoms with Gasteiger partial charge in [0.15, 0.2) is 6.61 Å². The second-order valence-electron chi connectivity index (χ2n) is 6.61. The summed E-state index contributed by atoms with van der Waals surface area (Å²) in [6.45, 7) is 6.19. The van der Waals surface area contributed by atoms with Crippen molar-refractivity contribution in [2.75, 3.05) is 11.9 Å². The van der Waals surface area contributed by atoms with Gasteiger partial charge in [-0.25, -0.2) is 4.98 Å². The fourth-order valence-corrected chi connectivity index (χ4v) is 5.26. The second kappa shape index (κ2) is 7.89. The van der Waals surface area contributed by atoms with Gasteiger partial charge in [-0.15, -0.1) is 22.7 Å². The van der Waals surface area contributed by atoms with E-state index in [0.717, 1.165) is 60.7 Å². The number of aryl methyl sites for hydroxylation is 3. The number of fused-ring (bicyclic) bond motifs is 3. The number of hydrogen-bond acceptors (Lipinski definition) is 5. The predicted molar refractivity (Wildman–Crippen MR) is 119 cm³/mol. The smallest absolute Gasteiger partial charge is 0.262 e. The van der Waals surface area contributed by atoms with Crippen LogP contribution >= 0.6 is 22.7 Å². The molecule has 4 rings (SSSR count). The quantitative estimate of drug-likeness (QED) is 0.426. The van der Waals surface area contributed by atoms with E-state index in [1.807, 2.05) is 30.5 Å². The molecule has 2 heterocycles. The number of thiophene rings is 1. The molecule has 0 aliphatic carbocycles. The molecule has 4 nitrogen and oxygen atoms in total. The van der Waals surface area contributed by atoms with Gasteiger partial charge < -0.3 is 10.1 Å². The van der Waals surface area contributed by atoms with Gasteiger partial charge in [0.2, 0.25) is 0 Å². The summed E-state index contributed by atoms with van der Waals surface area (Å²) in [5.41, 5.74) is 4.24. The van der Waals surface area contributed by atoms with Crippen LogP contribution in [0.4, 0.5) is 5.69 Å². The molecule has 0 atom stereocenters. The lowest BCUT2D eigenvalue weighted by Crippen LogP contribution is -2.21. The molecule has 28 heavy (non-hydrogen) atoms. The Bertz CT molecular complexity index is 1140. The third kappa shape index (κ3) is 3.50.